The number of nitrogens with one attached hydrogen (secondary N) is 3. The minimum Gasteiger partial charge on any atom is -0.456 e. The van der Waals surface area contributed by atoms with Crippen molar-refractivity contribution in [1.29, 1.82) is 0 Å². The summed E-state index contributed by atoms with van der Waals surface area (Å²) in [6, 6.07) is 0.381. The lowest BCUT2D eigenvalue weighted by Gasteiger charge is -2.20. The van der Waals surface area contributed by atoms with Crippen molar-refractivity contribution in [1.82, 2.24) is 25.9 Å². The highest BCUT2D eigenvalue weighted by Crippen LogP contribution is 2.11. The molecule has 0 spiro atoms. The van der Waals surface area contributed by atoms with Crippen LogP contribution in [0.1, 0.15) is 56.8 Å². The fraction of sp³-hybridized carbons (Fsp3) is 0.440. The van der Waals surface area contributed by atoms with Crippen LogP contribution in [-0.2, 0) is 25.7 Å². The minimum absolute atomic E-state index is 0.0222. The highest BCUT2D eigenvalue weighted by molar-refractivity contribution is 7.99. The molecule has 12 heteroatoms. The van der Waals surface area contributed by atoms with Gasteiger partial charge in [-0.1, -0.05) is 23.8 Å². The number of fused-ring (bicyclic) bond motifs is 2. The molecule has 0 saturated carbocycles. The summed E-state index contributed by atoms with van der Waals surface area (Å²) in [5, 5.41) is 17.1. The van der Waals surface area contributed by atoms with E-state index in [1.807, 2.05) is 0 Å². The van der Waals surface area contributed by atoms with Gasteiger partial charge in [0.2, 0.25) is 11.7 Å². The lowest BCUT2D eigenvalue weighted by molar-refractivity contribution is -0.150. The number of cyclic esters (lactones) is 1. The molecule has 0 radical (unpaired) electrons. The van der Waals surface area contributed by atoms with E-state index in [-0.39, 0.29) is 24.5 Å². The van der Waals surface area contributed by atoms with Crippen molar-refractivity contribution >= 4 is 35.5 Å². The van der Waals surface area contributed by atoms with Crippen molar-refractivity contribution in [2.45, 2.75) is 64.7 Å². The van der Waals surface area contributed by atoms with Crippen LogP contribution in [0.15, 0.2) is 47.8 Å². The summed E-state index contributed by atoms with van der Waals surface area (Å²) in [5.41, 5.74) is 0.538. The summed E-state index contributed by atoms with van der Waals surface area (Å²) >= 11 is 1.36. The molecular weight excluding hydrogens is 498 g/mol. The molecule has 200 valence electrons. The van der Waals surface area contributed by atoms with E-state index in [4.69, 9.17) is 4.74 Å². The van der Waals surface area contributed by atoms with Gasteiger partial charge in [-0.05, 0) is 52.0 Å². The quantitative estimate of drug-likeness (QED) is 0.140. The Morgan fingerprint density at radius 2 is 2.03 bits per heavy atom. The van der Waals surface area contributed by atoms with Crippen LogP contribution in [0.25, 0.3) is 0 Å². The summed E-state index contributed by atoms with van der Waals surface area (Å²) in [6.07, 6.45) is 7.21. The van der Waals surface area contributed by atoms with Crippen molar-refractivity contribution in [2.75, 3.05) is 5.75 Å². The van der Waals surface area contributed by atoms with Crippen molar-refractivity contribution in [3.8, 4) is 0 Å². The molecule has 2 heterocycles. The van der Waals surface area contributed by atoms with Gasteiger partial charge in [-0.2, -0.15) is 0 Å². The number of ether oxygens (including phenoxy) is 1. The molecule has 4 N–H and O–H groups in total. The smallest absolute Gasteiger partial charge is 0.333 e. The molecule has 1 aromatic heterocycles. The van der Waals surface area contributed by atoms with Crippen LogP contribution in [0.4, 0.5) is 0 Å². The van der Waals surface area contributed by atoms with Gasteiger partial charge in [-0.25, -0.2) is 14.8 Å². The van der Waals surface area contributed by atoms with Crippen molar-refractivity contribution < 1.29 is 29.0 Å². The number of aromatic nitrogens is 2. The predicted molar refractivity (Wildman–Crippen MR) is 139 cm³/mol. The Kier molecular flexibility index (Phi) is 12.0. The first-order valence-electron chi connectivity index (χ1n) is 11.8. The number of amides is 3. The molecule has 2 bridgehead atoms. The molecule has 0 saturated heterocycles. The van der Waals surface area contributed by atoms with Gasteiger partial charge in [0.25, 0.3) is 11.8 Å². The summed E-state index contributed by atoms with van der Waals surface area (Å²) in [6.45, 7) is 6.77. The summed E-state index contributed by atoms with van der Waals surface area (Å²) in [5.74, 6) is -2.13. The second kappa shape index (κ2) is 14.9. The third kappa shape index (κ3) is 10.6. The molecule has 1 unspecified atom stereocenters. The van der Waals surface area contributed by atoms with Crippen LogP contribution >= 0.6 is 11.8 Å². The number of nitrogens with zero attached hydrogens (tertiary/aromatic N) is 2. The summed E-state index contributed by atoms with van der Waals surface area (Å²) < 4.78 is 5.61. The number of carbonyl (C=O) groups is 4. The molecule has 0 fully saturated rings. The number of allylic oxidation sites excluding steroid dienone is 3. The zero-order valence-electron chi connectivity index (χ0n) is 21.3. The Morgan fingerprint density at radius 1 is 1.27 bits per heavy atom. The van der Waals surface area contributed by atoms with E-state index < -0.39 is 41.3 Å². The van der Waals surface area contributed by atoms with E-state index >= 15 is 0 Å². The average Bonchev–Trinajstić information content (AvgIpc) is 2.84. The highest BCUT2D eigenvalue weighted by atomic mass is 32.2. The lowest BCUT2D eigenvalue weighted by atomic mass is 10.1. The highest BCUT2D eigenvalue weighted by Gasteiger charge is 2.26. The maximum absolute atomic E-state index is 13.1. The third-order valence-electron chi connectivity index (χ3n) is 4.85. The van der Waals surface area contributed by atoms with Crippen LogP contribution in [0, 0.1) is 0 Å². The number of carbonyl (C=O) groups excluding carboxylic acids is 4. The molecule has 1 aliphatic heterocycles. The van der Waals surface area contributed by atoms with E-state index in [0.717, 1.165) is 5.57 Å². The van der Waals surface area contributed by atoms with Gasteiger partial charge in [-0.15, -0.1) is 11.8 Å². The molecule has 1 aliphatic rings. The molecule has 2 rings (SSSR count). The predicted octanol–water partition coefficient (Wildman–Crippen LogP) is 1.51. The Balaban J connectivity index is 2.36. The van der Waals surface area contributed by atoms with Gasteiger partial charge in [0.15, 0.2) is 0 Å². The minimum atomic E-state index is -1.17. The number of thioether (sulfide) groups is 1. The first-order chi connectivity index (χ1) is 17.6. The number of hydrogen-bond donors (Lipinski definition) is 4. The topological polar surface area (TPSA) is 160 Å². The zero-order chi connectivity index (χ0) is 27.4. The van der Waals surface area contributed by atoms with Gasteiger partial charge in [0, 0.05) is 6.20 Å². The Hall–Kier alpha value is -3.51. The largest absolute Gasteiger partial charge is 0.456 e. The molecule has 37 heavy (non-hydrogen) atoms. The van der Waals surface area contributed by atoms with Crippen LogP contribution in [0.5, 0.6) is 0 Å². The number of esters is 1. The number of hydrogen-bond acceptors (Lipinski definition) is 9. The van der Waals surface area contributed by atoms with E-state index in [1.54, 1.807) is 45.9 Å². The average molecular weight is 532 g/mol. The number of aliphatic hydroxyl groups is 1. The van der Waals surface area contributed by atoms with Crippen molar-refractivity contribution in [2.24, 2.45) is 0 Å². The molecular formula is C25H33N5O6S. The number of rotatable bonds is 6. The molecule has 3 atom stereocenters. The van der Waals surface area contributed by atoms with Gasteiger partial charge < -0.3 is 25.8 Å². The molecule has 1 aromatic rings. The number of aliphatic hydroxyl groups excluding tert-OH is 1. The molecule has 0 aromatic carbocycles. The van der Waals surface area contributed by atoms with Gasteiger partial charge >= 0.3 is 5.97 Å². The fourth-order valence-electron chi connectivity index (χ4n) is 3.13. The fourth-order valence-corrected chi connectivity index (χ4v) is 3.75. The van der Waals surface area contributed by atoms with E-state index in [9.17, 15) is 24.3 Å². The normalized spacial score (nSPS) is 21.6. The zero-order valence-corrected chi connectivity index (χ0v) is 22.1. The van der Waals surface area contributed by atoms with Crippen molar-refractivity contribution in [3.63, 3.8) is 0 Å². The Morgan fingerprint density at radius 3 is 2.70 bits per heavy atom. The van der Waals surface area contributed by atoms with E-state index in [0.29, 0.717) is 17.9 Å². The first kappa shape index (κ1) is 29.7. The summed E-state index contributed by atoms with van der Waals surface area (Å²) in [4.78, 5) is 59.3. The van der Waals surface area contributed by atoms with Crippen LogP contribution < -0.4 is 16.0 Å². The summed E-state index contributed by atoms with van der Waals surface area (Å²) in [7, 11) is 0. The standard InChI is InChI=1S/C25H33N5O6S/c1-5-19-23(33)30-20(12-15(2)3)25(35)36-18(8-6-7-11-37-16(4)31)13-21(32)27-14-17-9-10-26-22(28-17)24(34)29-19/h5-6,8-10,12,16,18,20,31H,7,11,13-14H2,1-4H3,(H,27,32)(H,29,34)(H,30,33)/b8-6+,19-5-/t16?,18-,20-/m1/s1. The van der Waals surface area contributed by atoms with Crippen LogP contribution in [0.3, 0.4) is 0 Å². The molecule has 0 aliphatic carbocycles. The second-order valence-corrected chi connectivity index (χ2v) is 9.79. The maximum atomic E-state index is 13.1. The first-order valence-corrected chi connectivity index (χ1v) is 12.8. The van der Waals surface area contributed by atoms with Crippen molar-refractivity contribution in [3.05, 3.63) is 59.4 Å². The van der Waals surface area contributed by atoms with E-state index in [1.165, 1.54) is 30.1 Å². The van der Waals surface area contributed by atoms with Gasteiger partial charge in [-0.3, -0.25) is 14.4 Å². The van der Waals surface area contributed by atoms with E-state index in [2.05, 4.69) is 25.9 Å². The maximum Gasteiger partial charge on any atom is 0.333 e. The van der Waals surface area contributed by atoms with Gasteiger partial charge in [0.1, 0.15) is 17.8 Å². The third-order valence-corrected chi connectivity index (χ3v) is 5.81. The molecule has 3 amide bonds. The van der Waals surface area contributed by atoms with Crippen LogP contribution in [-0.4, -0.2) is 62.1 Å². The monoisotopic (exact) mass is 531 g/mol. The molecule has 11 nitrogen and oxygen atoms in total. The van der Waals surface area contributed by atoms with Gasteiger partial charge in [0.05, 0.1) is 24.1 Å². The lowest BCUT2D eigenvalue weighted by Crippen LogP contribution is -2.45. The van der Waals surface area contributed by atoms with Crippen LogP contribution in [0.2, 0.25) is 0 Å². The Bertz CT molecular complexity index is 1080. The Labute approximate surface area is 220 Å². The SMILES string of the molecule is C/C=C1\NC(=O)c2nccc(n2)CNC(=O)C[C@@H](/C=C/CCSC(C)O)OC(=O)[C@@H](C=C(C)C)NC1=O. The second-order valence-electron chi connectivity index (χ2n) is 8.37.